The third-order valence-electron chi connectivity index (χ3n) is 17.2. The second-order valence-electron chi connectivity index (χ2n) is 25.0. The zero-order chi connectivity index (χ0) is 58.6. The van der Waals surface area contributed by atoms with E-state index < -0.39 is 49.5 Å². The molecule has 1 saturated heterocycles. The van der Waals surface area contributed by atoms with Crippen molar-refractivity contribution in [1.82, 2.24) is 5.32 Å². The Hall–Kier alpha value is -1.59. The molecule has 0 saturated carbocycles. The maximum absolute atomic E-state index is 13.1. The van der Waals surface area contributed by atoms with Gasteiger partial charge in [0.25, 0.3) is 0 Å². The van der Waals surface area contributed by atoms with Crippen molar-refractivity contribution in [3.63, 3.8) is 0 Å². The fourth-order valence-corrected chi connectivity index (χ4v) is 11.6. The molecular formula is C72H137NO8. The van der Waals surface area contributed by atoms with E-state index >= 15 is 0 Å². The predicted octanol–water partition coefficient (Wildman–Crippen LogP) is 19.4. The Labute approximate surface area is 501 Å². The third kappa shape index (κ3) is 50.3. The highest BCUT2D eigenvalue weighted by molar-refractivity contribution is 5.76. The number of nitrogens with one attached hydrogen (secondary N) is 1. The molecule has 9 heteroatoms. The van der Waals surface area contributed by atoms with Crippen LogP contribution in [-0.2, 0) is 14.3 Å². The average molecular weight is 1140 g/mol. The number of aliphatic hydroxyl groups excluding tert-OH is 5. The van der Waals surface area contributed by atoms with Crippen molar-refractivity contribution in [3.05, 3.63) is 36.5 Å². The molecule has 1 fully saturated rings. The minimum Gasteiger partial charge on any atom is -0.394 e. The van der Waals surface area contributed by atoms with Crippen LogP contribution in [0.1, 0.15) is 361 Å². The second kappa shape index (κ2) is 61.5. The van der Waals surface area contributed by atoms with Crippen LogP contribution in [-0.4, -0.2) is 87.5 Å². The lowest BCUT2D eigenvalue weighted by Crippen LogP contribution is -2.60. The highest BCUT2D eigenvalue weighted by Gasteiger charge is 2.44. The van der Waals surface area contributed by atoms with E-state index in [4.69, 9.17) is 9.47 Å². The van der Waals surface area contributed by atoms with E-state index in [1.807, 2.05) is 6.08 Å². The first-order valence-corrected chi connectivity index (χ1v) is 35.7. The zero-order valence-electron chi connectivity index (χ0n) is 53.6. The SMILES string of the molecule is CCCCCCCCCCCCCCCCCC/C=C/CC/C=C/CC/C=C/C(O)C(COC1OC(CO)C(O)C(O)C1O)NC(=O)CCCCCCCCCCCCCCCCCCCCCCCCCCCCCCCCCC. The summed E-state index contributed by atoms with van der Waals surface area (Å²) in [5.41, 5.74) is 0. The summed E-state index contributed by atoms with van der Waals surface area (Å²) < 4.78 is 11.3. The third-order valence-corrected chi connectivity index (χ3v) is 17.2. The Balaban J connectivity index is 2.13. The molecule has 1 aliphatic rings. The Bertz CT molecular complexity index is 1370. The molecule has 9 nitrogen and oxygen atoms in total. The van der Waals surface area contributed by atoms with Gasteiger partial charge in [0, 0.05) is 6.42 Å². The predicted molar refractivity (Wildman–Crippen MR) is 346 cm³/mol. The standard InChI is InChI=1S/C72H137NO8/c1-3-5-7-9-11-13-15-17-19-21-23-25-27-29-31-32-33-34-35-36-38-40-42-44-46-48-50-52-54-56-58-60-62-68(76)73-65(64-80-72-71(79)70(78)69(77)67(63-74)81-72)66(75)61-59-57-55-53-51-49-47-45-43-41-39-37-30-28-26-24-22-20-18-16-14-12-10-8-6-4-2/h43,45,51,53,59,61,65-67,69-72,74-75,77-79H,3-42,44,46-50,52,54-58,60,62-64H2,1-2H3,(H,73,76)/b45-43+,53-51+,61-59+. The molecule has 1 rings (SSSR count). The van der Waals surface area contributed by atoms with E-state index in [9.17, 15) is 30.3 Å². The summed E-state index contributed by atoms with van der Waals surface area (Å²) in [4.78, 5) is 13.1. The van der Waals surface area contributed by atoms with Crippen molar-refractivity contribution >= 4 is 5.91 Å². The molecule has 1 aliphatic heterocycles. The van der Waals surface area contributed by atoms with Crippen molar-refractivity contribution in [2.24, 2.45) is 0 Å². The molecule has 0 aromatic carbocycles. The van der Waals surface area contributed by atoms with Gasteiger partial charge < -0.3 is 40.3 Å². The molecule has 6 N–H and O–H groups in total. The number of ether oxygens (including phenoxy) is 2. The van der Waals surface area contributed by atoms with Gasteiger partial charge in [-0.15, -0.1) is 0 Å². The van der Waals surface area contributed by atoms with Gasteiger partial charge in [-0.1, -0.05) is 346 Å². The first-order valence-electron chi connectivity index (χ1n) is 35.7. The monoisotopic (exact) mass is 1140 g/mol. The quantitative estimate of drug-likeness (QED) is 0.0261. The lowest BCUT2D eigenvalue weighted by molar-refractivity contribution is -0.302. The summed E-state index contributed by atoms with van der Waals surface area (Å²) in [6.45, 7) is 3.82. The molecule has 1 amide bonds. The lowest BCUT2D eigenvalue weighted by atomic mass is 9.99. The maximum Gasteiger partial charge on any atom is 0.220 e. The van der Waals surface area contributed by atoms with Crippen molar-refractivity contribution < 1.29 is 39.8 Å². The Kier molecular flexibility index (Phi) is 58.8. The van der Waals surface area contributed by atoms with Crippen LogP contribution in [0.15, 0.2) is 36.5 Å². The van der Waals surface area contributed by atoms with Crippen LogP contribution in [0, 0.1) is 0 Å². The summed E-state index contributed by atoms with van der Waals surface area (Å²) in [6, 6.07) is -0.828. The van der Waals surface area contributed by atoms with Crippen LogP contribution in [0.2, 0.25) is 0 Å². The van der Waals surface area contributed by atoms with Crippen molar-refractivity contribution in [1.29, 1.82) is 0 Å². The van der Waals surface area contributed by atoms with E-state index in [1.165, 1.54) is 295 Å². The topological polar surface area (TPSA) is 149 Å². The van der Waals surface area contributed by atoms with Crippen LogP contribution in [0.25, 0.3) is 0 Å². The summed E-state index contributed by atoms with van der Waals surface area (Å²) in [6.07, 6.45) is 75.5. The van der Waals surface area contributed by atoms with Gasteiger partial charge >= 0.3 is 0 Å². The van der Waals surface area contributed by atoms with Gasteiger partial charge in [-0.2, -0.15) is 0 Å². The molecular weight excluding hydrogens is 1010 g/mol. The van der Waals surface area contributed by atoms with Crippen molar-refractivity contribution in [2.45, 2.75) is 403 Å². The molecule has 1 heterocycles. The number of carbonyl (C=O) groups is 1. The molecule has 0 aromatic heterocycles. The van der Waals surface area contributed by atoms with Gasteiger partial charge in [-0.3, -0.25) is 4.79 Å². The van der Waals surface area contributed by atoms with E-state index in [2.05, 4.69) is 43.5 Å². The Morgan fingerprint density at radius 1 is 0.407 bits per heavy atom. The number of allylic oxidation sites excluding steroid dienone is 5. The lowest BCUT2D eigenvalue weighted by Gasteiger charge is -2.40. The minimum atomic E-state index is -1.57. The number of aliphatic hydroxyl groups is 5. The van der Waals surface area contributed by atoms with E-state index in [0.717, 1.165) is 44.9 Å². The Morgan fingerprint density at radius 3 is 1.04 bits per heavy atom. The van der Waals surface area contributed by atoms with Crippen LogP contribution in [0.5, 0.6) is 0 Å². The summed E-state index contributed by atoms with van der Waals surface area (Å²) in [5.74, 6) is -0.183. The summed E-state index contributed by atoms with van der Waals surface area (Å²) in [5, 5.41) is 54.7. The maximum atomic E-state index is 13.1. The van der Waals surface area contributed by atoms with E-state index in [1.54, 1.807) is 6.08 Å². The van der Waals surface area contributed by atoms with Gasteiger partial charge in [0.2, 0.25) is 5.91 Å². The molecule has 0 aromatic rings. The Morgan fingerprint density at radius 2 is 0.704 bits per heavy atom. The molecule has 0 aliphatic carbocycles. The molecule has 7 atom stereocenters. The van der Waals surface area contributed by atoms with Crippen LogP contribution < -0.4 is 5.32 Å². The second-order valence-corrected chi connectivity index (χ2v) is 25.0. The first kappa shape index (κ1) is 77.4. The van der Waals surface area contributed by atoms with Crippen molar-refractivity contribution in [2.75, 3.05) is 13.2 Å². The average Bonchev–Trinajstić information content (AvgIpc) is 3.48. The molecule has 0 radical (unpaired) electrons. The van der Waals surface area contributed by atoms with E-state index in [0.29, 0.717) is 6.42 Å². The zero-order valence-corrected chi connectivity index (χ0v) is 53.6. The first-order chi connectivity index (χ1) is 39.8. The summed E-state index contributed by atoms with van der Waals surface area (Å²) in [7, 11) is 0. The number of unbranched alkanes of at least 4 members (excludes halogenated alkanes) is 49. The molecule has 0 spiro atoms. The van der Waals surface area contributed by atoms with Gasteiger partial charge in [0.05, 0.1) is 25.4 Å². The fraction of sp³-hybridized carbons (Fsp3) is 0.903. The normalized spacial score (nSPS) is 18.5. The molecule has 7 unspecified atom stereocenters. The number of hydrogen-bond donors (Lipinski definition) is 6. The van der Waals surface area contributed by atoms with Gasteiger partial charge in [0.15, 0.2) is 6.29 Å². The van der Waals surface area contributed by atoms with Crippen molar-refractivity contribution in [3.8, 4) is 0 Å². The smallest absolute Gasteiger partial charge is 0.220 e. The van der Waals surface area contributed by atoms with Gasteiger partial charge in [0.1, 0.15) is 24.4 Å². The summed E-state index contributed by atoms with van der Waals surface area (Å²) >= 11 is 0. The highest BCUT2D eigenvalue weighted by atomic mass is 16.7. The van der Waals surface area contributed by atoms with E-state index in [-0.39, 0.29) is 12.5 Å². The number of carbonyl (C=O) groups excluding carboxylic acids is 1. The fourth-order valence-electron chi connectivity index (χ4n) is 11.6. The number of hydrogen-bond acceptors (Lipinski definition) is 8. The molecule has 81 heavy (non-hydrogen) atoms. The molecule has 0 bridgehead atoms. The van der Waals surface area contributed by atoms with Crippen LogP contribution in [0.4, 0.5) is 0 Å². The number of rotatable bonds is 63. The minimum absolute atomic E-state index is 0.183. The van der Waals surface area contributed by atoms with Gasteiger partial charge in [-0.05, 0) is 44.9 Å². The molecule has 478 valence electrons. The largest absolute Gasteiger partial charge is 0.394 e. The highest BCUT2D eigenvalue weighted by Crippen LogP contribution is 2.23. The number of amides is 1. The van der Waals surface area contributed by atoms with Gasteiger partial charge in [-0.25, -0.2) is 0 Å². The van der Waals surface area contributed by atoms with Crippen LogP contribution in [0.3, 0.4) is 0 Å². The van der Waals surface area contributed by atoms with Crippen LogP contribution >= 0.6 is 0 Å².